The lowest BCUT2D eigenvalue weighted by Gasteiger charge is -2.37. The second-order valence-electron chi connectivity index (χ2n) is 7.86. The first-order valence-electron chi connectivity index (χ1n) is 8.89. The summed E-state index contributed by atoms with van der Waals surface area (Å²) in [5.74, 6) is 0.239. The molecule has 0 saturated carbocycles. The van der Waals surface area contributed by atoms with Crippen LogP contribution in [-0.4, -0.2) is 46.7 Å². The molecule has 3 heterocycles. The highest BCUT2D eigenvalue weighted by Gasteiger charge is 2.42. The van der Waals surface area contributed by atoms with E-state index in [4.69, 9.17) is 16.3 Å². The number of fused-ring (bicyclic) bond motifs is 1. The fraction of sp³-hybridized carbons (Fsp3) is 0.688. The first kappa shape index (κ1) is 16.9. The van der Waals surface area contributed by atoms with E-state index in [1.54, 1.807) is 4.57 Å². The molecular formula is C16H26FN5O2Si. The predicted octanol–water partition coefficient (Wildman–Crippen LogP) is 3.06. The van der Waals surface area contributed by atoms with E-state index in [0.29, 0.717) is 11.2 Å². The van der Waals surface area contributed by atoms with Crippen LogP contribution in [0.2, 0.25) is 18.1 Å². The number of imidazole rings is 1. The molecule has 2 N–H and O–H groups in total. The minimum atomic E-state index is -2.03. The van der Waals surface area contributed by atoms with Gasteiger partial charge in [0.1, 0.15) is 30.3 Å². The molecule has 4 atom stereocenters. The summed E-state index contributed by atoms with van der Waals surface area (Å²) in [6, 6.07) is 0. The molecule has 138 valence electrons. The van der Waals surface area contributed by atoms with Crippen molar-refractivity contribution in [2.75, 3.05) is 12.3 Å². The van der Waals surface area contributed by atoms with Gasteiger partial charge in [-0.2, -0.15) is 0 Å². The summed E-state index contributed by atoms with van der Waals surface area (Å²) in [5, 5.41) is 0.0200. The molecule has 1 unspecified atom stereocenters. The Morgan fingerprint density at radius 3 is 2.84 bits per heavy atom. The molecule has 2 aromatic heterocycles. The van der Waals surface area contributed by atoms with Gasteiger partial charge in [0.2, 0.25) is 0 Å². The number of nitrogen functional groups attached to an aromatic ring is 1. The molecule has 0 spiro atoms. The molecule has 1 fully saturated rings. The van der Waals surface area contributed by atoms with Gasteiger partial charge < -0.3 is 14.9 Å². The van der Waals surface area contributed by atoms with Crippen molar-refractivity contribution in [3.05, 3.63) is 12.7 Å². The van der Waals surface area contributed by atoms with Crippen LogP contribution in [0.3, 0.4) is 0 Å². The molecule has 0 amide bonds. The van der Waals surface area contributed by atoms with E-state index in [0.717, 1.165) is 0 Å². The number of hydrogen-bond donors (Lipinski definition) is 1. The average molecular weight is 369 g/mol. The zero-order valence-electron chi connectivity index (χ0n) is 16.2. The number of hydrogen-bond acceptors (Lipinski definition) is 6. The Bertz CT molecular complexity index is 797. The third-order valence-electron chi connectivity index (χ3n) is 5.09. The first-order chi connectivity index (χ1) is 12.0. The molecule has 9 heteroatoms. The van der Waals surface area contributed by atoms with Gasteiger partial charge >= 0.3 is 0 Å². The topological polar surface area (TPSA) is 88.1 Å². The Labute approximate surface area is 149 Å². The number of ether oxygens (including phenoxy) is 1. The van der Waals surface area contributed by atoms with E-state index < -0.39 is 33.2 Å². The van der Waals surface area contributed by atoms with Crippen LogP contribution in [0, 0.1) is 0 Å². The first-order valence-corrected chi connectivity index (χ1v) is 11.2. The van der Waals surface area contributed by atoms with Crippen molar-refractivity contribution in [1.82, 2.24) is 19.5 Å². The van der Waals surface area contributed by atoms with Crippen LogP contribution in [-0.2, 0) is 9.16 Å². The summed E-state index contributed by atoms with van der Waals surface area (Å²) in [4.78, 5) is 12.2. The van der Waals surface area contributed by atoms with Crippen LogP contribution in [0.4, 0.5) is 10.2 Å². The highest BCUT2D eigenvalue weighted by atomic mass is 28.4. The maximum atomic E-state index is 14.7. The van der Waals surface area contributed by atoms with Gasteiger partial charge in [0.25, 0.3) is 0 Å². The second-order valence-corrected chi connectivity index (χ2v) is 12.7. The molecule has 0 bridgehead atoms. The number of halogens is 1. The molecule has 2 aromatic rings. The fourth-order valence-electron chi connectivity index (χ4n) is 2.43. The van der Waals surface area contributed by atoms with Gasteiger partial charge in [0.15, 0.2) is 19.8 Å². The maximum Gasteiger partial charge on any atom is 0.192 e. The van der Waals surface area contributed by atoms with Gasteiger partial charge in [-0.15, -0.1) is 0 Å². The Morgan fingerprint density at radius 1 is 1.44 bits per heavy atom. The molecular weight excluding hydrogens is 341 g/mol. The van der Waals surface area contributed by atoms with E-state index >= 15 is 0 Å². The predicted molar refractivity (Wildman–Crippen MR) is 96.3 cm³/mol. The Balaban J connectivity index is 1.78. The van der Waals surface area contributed by atoms with E-state index in [9.17, 15) is 4.39 Å². The largest absolute Gasteiger partial charge is 0.414 e. The van der Waals surface area contributed by atoms with Crippen molar-refractivity contribution in [2.45, 2.75) is 63.8 Å². The van der Waals surface area contributed by atoms with E-state index in [2.05, 4.69) is 48.8 Å². The van der Waals surface area contributed by atoms with Crippen LogP contribution in [0.25, 0.3) is 11.2 Å². The Kier molecular flexibility index (Phi) is 4.25. The highest BCUT2D eigenvalue weighted by molar-refractivity contribution is 6.74. The van der Waals surface area contributed by atoms with Crippen LogP contribution in [0.1, 0.15) is 34.8 Å². The summed E-state index contributed by atoms with van der Waals surface area (Å²) in [6.07, 6.45) is -1.41. The molecule has 0 radical (unpaired) electrons. The summed E-state index contributed by atoms with van der Waals surface area (Å²) in [7, 11) is -2.03. The molecule has 1 aliphatic heterocycles. The number of alkyl halides is 1. The van der Waals surface area contributed by atoms with Gasteiger partial charge in [-0.1, -0.05) is 20.8 Å². The van der Waals surface area contributed by atoms with Crippen molar-refractivity contribution >= 4 is 25.3 Å². The number of aromatic nitrogens is 4. The highest BCUT2D eigenvalue weighted by Crippen LogP contribution is 2.38. The number of rotatable bonds is 4. The van der Waals surface area contributed by atoms with Crippen molar-refractivity contribution in [1.29, 1.82) is 0 Å². The number of nitrogens with two attached hydrogens (primary N) is 1. The zero-order chi connectivity index (χ0) is 19.3. The molecule has 7 nitrogen and oxygen atoms in total. The molecule has 1 aliphatic rings. The summed E-state index contributed by atoms with van der Waals surface area (Å²) in [5.41, 5.74) is 6.63. The van der Waals surface area contributed by atoms with Crippen LogP contribution < -0.4 is 5.73 Å². The molecule has 0 aromatic carbocycles. The van der Waals surface area contributed by atoms with Crippen molar-refractivity contribution < 1.29 is 14.9 Å². The maximum absolute atomic E-state index is 14.7. The van der Waals surface area contributed by atoms with E-state index in [1.165, 1.54) is 12.7 Å². The molecule has 3 rings (SSSR count). The third kappa shape index (κ3) is 3.40. The van der Waals surface area contributed by atoms with Crippen LogP contribution >= 0.6 is 0 Å². The monoisotopic (exact) mass is 368 g/mol. The fourth-order valence-corrected chi connectivity index (χ4v) is 3.45. The second kappa shape index (κ2) is 6.29. The van der Waals surface area contributed by atoms with Gasteiger partial charge in [-0.05, 0) is 18.1 Å². The lowest BCUT2D eigenvalue weighted by molar-refractivity contribution is -0.0296. The Morgan fingerprint density at radius 2 is 2.16 bits per heavy atom. The lowest BCUT2D eigenvalue weighted by atomic mass is 10.2. The lowest BCUT2D eigenvalue weighted by Crippen LogP contribution is -2.43. The molecule has 0 aliphatic carbocycles. The average Bonchev–Trinajstić information content (AvgIpc) is 3.08. The van der Waals surface area contributed by atoms with Crippen LogP contribution in [0.15, 0.2) is 12.7 Å². The van der Waals surface area contributed by atoms with E-state index in [-0.39, 0.29) is 17.5 Å². The summed E-state index contributed by atoms with van der Waals surface area (Å²) in [6.45, 7) is 10.7. The molecule has 1 saturated heterocycles. The van der Waals surface area contributed by atoms with Gasteiger partial charge in [-0.3, -0.25) is 4.57 Å². The summed E-state index contributed by atoms with van der Waals surface area (Å²) < 4.78 is 36.4. The number of anilines is 1. The van der Waals surface area contributed by atoms with Gasteiger partial charge in [0, 0.05) is 7.77 Å². The minimum absolute atomic E-state index is 0.0200. The van der Waals surface area contributed by atoms with Crippen molar-refractivity contribution in [3.63, 3.8) is 0 Å². The number of nitrogens with zero attached hydrogens (tertiary/aromatic N) is 4. The summed E-state index contributed by atoms with van der Waals surface area (Å²) >= 11 is 0. The quantitative estimate of drug-likeness (QED) is 0.835. The smallest absolute Gasteiger partial charge is 0.192 e. The third-order valence-corrected chi connectivity index (χ3v) is 9.59. The molecule has 25 heavy (non-hydrogen) atoms. The van der Waals surface area contributed by atoms with Crippen LogP contribution in [0.5, 0.6) is 0 Å². The van der Waals surface area contributed by atoms with Crippen molar-refractivity contribution in [3.8, 4) is 0 Å². The minimum Gasteiger partial charge on any atom is -0.414 e. The van der Waals surface area contributed by atoms with Gasteiger partial charge in [0.05, 0.1) is 12.9 Å². The standard InChI is InChI=1S/C16H26FN5O2Si/c1-16(2,3)25(4,5)23-7-11-10(17)6-12(24-11)22-9-21-13-14(18)19-8-20-15(13)22/h8-12H,6-7H2,1-5H3,(H2,18,19,20)/t10-,11-,12-/m1/s1/i6D/t6?,10-,11-,12-. The van der Waals surface area contributed by atoms with Gasteiger partial charge in [-0.25, -0.2) is 19.3 Å². The zero-order valence-corrected chi connectivity index (χ0v) is 16.2. The SMILES string of the molecule is [2H]C1[C@@H](F)[C@@H](CO[Si](C)(C)C(C)(C)C)O[C@H]1n1cnc2c(N)ncnc21. The van der Waals surface area contributed by atoms with Crippen molar-refractivity contribution in [2.24, 2.45) is 0 Å². The normalized spacial score (nSPS) is 28.5. The Hall–Kier alpha value is -1.58. The van der Waals surface area contributed by atoms with E-state index in [1.807, 2.05) is 0 Å².